The fraction of sp³-hybridized carbons (Fsp3) is 0.600. The Labute approximate surface area is 99.4 Å². The number of rotatable bonds is 1. The molecule has 2 aliphatic rings. The first-order valence-corrected chi connectivity index (χ1v) is 5.94. The zero-order valence-electron chi connectivity index (χ0n) is 8.89. The number of fused-ring (bicyclic) bond motifs is 1. The molecule has 0 saturated heterocycles. The number of aromatic nitrogens is 2. The van der Waals surface area contributed by atoms with Crippen LogP contribution in [-0.2, 0) is 13.0 Å². The maximum Gasteiger partial charge on any atom is 0.330 e. The van der Waals surface area contributed by atoms with Gasteiger partial charge in [-0.05, 0) is 12.8 Å². The number of H-pyrrole nitrogens is 1. The molecule has 2 amide bonds. The van der Waals surface area contributed by atoms with Gasteiger partial charge in [0.1, 0.15) is 0 Å². The van der Waals surface area contributed by atoms with Gasteiger partial charge < -0.3 is 9.88 Å². The van der Waals surface area contributed by atoms with Gasteiger partial charge in [0.2, 0.25) is 0 Å². The fourth-order valence-corrected chi connectivity index (χ4v) is 2.35. The van der Waals surface area contributed by atoms with Crippen molar-refractivity contribution in [1.82, 2.24) is 19.2 Å². The highest BCUT2D eigenvalue weighted by Gasteiger charge is 2.34. The van der Waals surface area contributed by atoms with Crippen molar-refractivity contribution < 1.29 is 4.79 Å². The normalized spacial score (nSPS) is 19.4. The predicted molar refractivity (Wildman–Crippen MR) is 61.9 cm³/mol. The lowest BCUT2D eigenvalue weighted by atomic mass is 10.1. The monoisotopic (exact) mass is 238 g/mol. The van der Waals surface area contributed by atoms with Crippen LogP contribution in [0.2, 0.25) is 0 Å². The Morgan fingerprint density at radius 2 is 2.44 bits per heavy atom. The second kappa shape index (κ2) is 3.69. The summed E-state index contributed by atoms with van der Waals surface area (Å²) in [5.41, 5.74) is 2.14. The quantitative estimate of drug-likeness (QED) is 0.722. The first-order valence-electron chi connectivity index (χ1n) is 5.54. The molecule has 1 aliphatic heterocycles. The van der Waals surface area contributed by atoms with Crippen LogP contribution < -0.4 is 0 Å². The fourth-order valence-electron chi connectivity index (χ4n) is 2.00. The molecule has 1 aliphatic carbocycles. The van der Waals surface area contributed by atoms with Crippen LogP contribution in [0.25, 0.3) is 0 Å². The summed E-state index contributed by atoms with van der Waals surface area (Å²) in [5.74, 6) is 0. The minimum absolute atomic E-state index is 0.0195. The third-order valence-electron chi connectivity index (χ3n) is 3.13. The maximum atomic E-state index is 12.1. The van der Waals surface area contributed by atoms with Crippen LogP contribution in [0.1, 0.15) is 24.2 Å². The molecule has 6 heteroatoms. The second-order valence-electron chi connectivity index (χ2n) is 4.36. The van der Waals surface area contributed by atoms with Gasteiger partial charge in [0.25, 0.3) is 0 Å². The largest absolute Gasteiger partial charge is 0.347 e. The molecule has 3 rings (SSSR count). The van der Waals surface area contributed by atoms with Crippen LogP contribution in [0.15, 0.2) is 6.33 Å². The Kier molecular flexibility index (Phi) is 2.31. The van der Waals surface area contributed by atoms with Crippen LogP contribution in [0.3, 0.4) is 0 Å². The standard InChI is InChI=1S/C10H14N4OS/c15-10(14(16)7-1-2-7)13-4-3-8-9(5-13)12-6-11-8/h6-7,16H,1-5H2,(H,11,12). The van der Waals surface area contributed by atoms with Crippen molar-refractivity contribution in [2.75, 3.05) is 6.54 Å². The molecule has 1 saturated carbocycles. The molecule has 1 fully saturated rings. The Hall–Kier alpha value is -1.17. The predicted octanol–water partition coefficient (Wildman–Crippen LogP) is 1.20. The highest BCUT2D eigenvalue weighted by atomic mass is 32.1. The first-order chi connectivity index (χ1) is 7.75. The molecule has 86 valence electrons. The van der Waals surface area contributed by atoms with E-state index in [0.717, 1.165) is 37.2 Å². The molecule has 1 N–H and O–H groups in total. The number of carbonyl (C=O) groups excluding carboxylic acids is 1. The second-order valence-corrected chi connectivity index (χ2v) is 4.79. The molecule has 16 heavy (non-hydrogen) atoms. The molecule has 0 spiro atoms. The van der Waals surface area contributed by atoms with E-state index in [1.807, 2.05) is 4.90 Å². The molecular weight excluding hydrogens is 224 g/mol. The minimum atomic E-state index is 0.0195. The summed E-state index contributed by atoms with van der Waals surface area (Å²) >= 11 is 4.26. The number of carbonyl (C=O) groups is 1. The van der Waals surface area contributed by atoms with E-state index in [0.29, 0.717) is 12.6 Å². The van der Waals surface area contributed by atoms with E-state index >= 15 is 0 Å². The van der Waals surface area contributed by atoms with E-state index in [1.54, 1.807) is 10.6 Å². The number of hydrogen-bond donors (Lipinski definition) is 2. The molecule has 0 unspecified atom stereocenters. The number of hydrogen-bond acceptors (Lipinski definition) is 3. The third kappa shape index (κ3) is 1.67. The highest BCUT2D eigenvalue weighted by molar-refractivity contribution is 7.78. The average molecular weight is 238 g/mol. The molecule has 0 aromatic carbocycles. The number of imidazole rings is 1. The van der Waals surface area contributed by atoms with Crippen LogP contribution in [0.4, 0.5) is 4.79 Å². The van der Waals surface area contributed by atoms with E-state index < -0.39 is 0 Å². The topological polar surface area (TPSA) is 52.2 Å². The Morgan fingerprint density at radius 3 is 3.19 bits per heavy atom. The van der Waals surface area contributed by atoms with Gasteiger partial charge >= 0.3 is 6.03 Å². The first kappa shape index (κ1) is 10.0. The van der Waals surface area contributed by atoms with Gasteiger partial charge in [0.05, 0.1) is 24.3 Å². The van der Waals surface area contributed by atoms with Crippen LogP contribution in [0, 0.1) is 0 Å². The molecule has 0 radical (unpaired) electrons. The van der Waals surface area contributed by atoms with E-state index in [1.165, 1.54) is 0 Å². The Morgan fingerprint density at radius 1 is 1.62 bits per heavy atom. The number of nitrogens with zero attached hydrogens (tertiary/aromatic N) is 3. The Bertz CT molecular complexity index is 415. The SMILES string of the molecule is O=C(N1CCc2nc[nH]c2C1)N(S)C1CC1. The van der Waals surface area contributed by atoms with Gasteiger partial charge in [-0.2, -0.15) is 0 Å². The van der Waals surface area contributed by atoms with E-state index in [9.17, 15) is 4.79 Å². The lowest BCUT2D eigenvalue weighted by Crippen LogP contribution is -2.42. The number of amides is 2. The average Bonchev–Trinajstić information content (AvgIpc) is 3.05. The smallest absolute Gasteiger partial charge is 0.330 e. The van der Waals surface area contributed by atoms with Gasteiger partial charge in [0.15, 0.2) is 0 Å². The summed E-state index contributed by atoms with van der Waals surface area (Å²) in [6.45, 7) is 1.36. The lowest BCUT2D eigenvalue weighted by Gasteiger charge is -2.29. The molecule has 2 heterocycles. The van der Waals surface area contributed by atoms with Crippen LogP contribution >= 0.6 is 12.8 Å². The van der Waals surface area contributed by atoms with Crippen molar-refractivity contribution in [2.24, 2.45) is 0 Å². The molecule has 1 aromatic heterocycles. The summed E-state index contributed by atoms with van der Waals surface area (Å²) < 4.78 is 1.57. The van der Waals surface area contributed by atoms with Crippen molar-refractivity contribution in [3.05, 3.63) is 17.7 Å². The maximum absolute atomic E-state index is 12.1. The van der Waals surface area contributed by atoms with Gasteiger partial charge in [-0.15, -0.1) is 0 Å². The van der Waals surface area contributed by atoms with E-state index in [-0.39, 0.29) is 6.03 Å². The molecule has 0 bridgehead atoms. The van der Waals surface area contributed by atoms with Crippen molar-refractivity contribution in [3.63, 3.8) is 0 Å². The Balaban J connectivity index is 1.70. The highest BCUT2D eigenvalue weighted by Crippen LogP contribution is 2.30. The number of thiol groups is 1. The number of aromatic amines is 1. The van der Waals surface area contributed by atoms with Crippen molar-refractivity contribution >= 4 is 18.8 Å². The van der Waals surface area contributed by atoms with Gasteiger partial charge in [0, 0.05) is 19.0 Å². The summed E-state index contributed by atoms with van der Waals surface area (Å²) in [6.07, 6.45) is 4.69. The van der Waals surface area contributed by atoms with Crippen LogP contribution in [-0.4, -0.2) is 37.8 Å². The van der Waals surface area contributed by atoms with Crippen molar-refractivity contribution in [3.8, 4) is 0 Å². The minimum Gasteiger partial charge on any atom is -0.347 e. The zero-order chi connectivity index (χ0) is 11.1. The summed E-state index contributed by atoms with van der Waals surface area (Å²) in [5, 5.41) is 0. The van der Waals surface area contributed by atoms with E-state index in [4.69, 9.17) is 0 Å². The van der Waals surface area contributed by atoms with Gasteiger partial charge in [-0.3, -0.25) is 4.31 Å². The van der Waals surface area contributed by atoms with Crippen LogP contribution in [0.5, 0.6) is 0 Å². The lowest BCUT2D eigenvalue weighted by molar-refractivity contribution is 0.173. The van der Waals surface area contributed by atoms with Gasteiger partial charge in [-0.25, -0.2) is 9.78 Å². The number of urea groups is 1. The molecule has 1 aromatic rings. The van der Waals surface area contributed by atoms with Gasteiger partial charge in [-0.1, -0.05) is 12.8 Å². The van der Waals surface area contributed by atoms with Crippen molar-refractivity contribution in [1.29, 1.82) is 0 Å². The molecule has 0 atom stereocenters. The third-order valence-corrected chi connectivity index (χ3v) is 3.63. The summed E-state index contributed by atoms with van der Waals surface area (Å²) in [7, 11) is 0. The number of nitrogens with one attached hydrogen (secondary N) is 1. The summed E-state index contributed by atoms with van der Waals surface area (Å²) in [6, 6.07) is 0.366. The van der Waals surface area contributed by atoms with E-state index in [2.05, 4.69) is 22.8 Å². The summed E-state index contributed by atoms with van der Waals surface area (Å²) in [4.78, 5) is 21.2. The van der Waals surface area contributed by atoms with Crippen molar-refractivity contribution in [2.45, 2.75) is 31.8 Å². The molecular formula is C10H14N4OS. The zero-order valence-corrected chi connectivity index (χ0v) is 9.78. The molecule has 5 nitrogen and oxygen atoms in total.